The minimum Gasteiger partial charge on any atom is -0.486 e. The minimum absolute atomic E-state index is 0.189. The molecule has 1 aliphatic heterocycles. The van der Waals surface area contributed by atoms with E-state index in [2.05, 4.69) is 15.9 Å². The van der Waals surface area contributed by atoms with Crippen LogP contribution in [0.1, 0.15) is 30.9 Å². The Bertz CT molecular complexity index is 530. The first-order valence-electron chi connectivity index (χ1n) is 6.51. The quantitative estimate of drug-likeness (QED) is 0.876. The summed E-state index contributed by atoms with van der Waals surface area (Å²) in [5, 5.41) is 8.99. The second kappa shape index (κ2) is 6.01. The molecule has 110 valence electrons. The molecule has 1 unspecified atom stereocenters. The van der Waals surface area contributed by atoms with Crippen molar-refractivity contribution < 1.29 is 19.4 Å². The first kappa shape index (κ1) is 15.1. The van der Waals surface area contributed by atoms with Crippen LogP contribution in [0.5, 0.6) is 11.5 Å². The summed E-state index contributed by atoms with van der Waals surface area (Å²) in [6.45, 7) is 5.08. The monoisotopic (exact) mass is 343 g/mol. The maximum atomic E-state index is 11.0. The van der Waals surface area contributed by atoms with E-state index in [0.717, 1.165) is 15.6 Å². The number of benzene rings is 1. The zero-order valence-corrected chi connectivity index (χ0v) is 13.1. The SMILES string of the molecule is CC(C)c1c(CC(N)C(=O)O)cc(Br)c2c1OCCO2. The Morgan fingerprint density at radius 2 is 2.00 bits per heavy atom. The molecule has 1 aliphatic rings. The van der Waals surface area contributed by atoms with Crippen LogP contribution in [0, 0.1) is 0 Å². The second-order valence-corrected chi connectivity index (χ2v) is 5.94. The van der Waals surface area contributed by atoms with E-state index in [1.54, 1.807) is 0 Å². The summed E-state index contributed by atoms with van der Waals surface area (Å²) >= 11 is 3.45. The third-order valence-electron chi connectivity index (χ3n) is 3.23. The molecule has 0 saturated heterocycles. The van der Waals surface area contributed by atoms with Gasteiger partial charge in [0.1, 0.15) is 19.3 Å². The molecule has 0 spiro atoms. The Morgan fingerprint density at radius 3 is 2.55 bits per heavy atom. The molecule has 0 bridgehead atoms. The van der Waals surface area contributed by atoms with Gasteiger partial charge in [-0.05, 0) is 39.9 Å². The second-order valence-electron chi connectivity index (χ2n) is 5.09. The van der Waals surface area contributed by atoms with Crippen molar-refractivity contribution >= 4 is 21.9 Å². The highest BCUT2D eigenvalue weighted by Gasteiger charge is 2.26. The van der Waals surface area contributed by atoms with Gasteiger partial charge in [0, 0.05) is 5.56 Å². The van der Waals surface area contributed by atoms with E-state index in [-0.39, 0.29) is 12.3 Å². The molecule has 0 aromatic heterocycles. The highest BCUT2D eigenvalue weighted by Crippen LogP contribution is 2.45. The standard InChI is InChI=1S/C14H18BrNO4/c1-7(2)11-8(6-10(16)14(17)18)5-9(15)12-13(11)20-4-3-19-12/h5,7,10H,3-4,6,16H2,1-2H3,(H,17,18). The molecule has 5 nitrogen and oxygen atoms in total. The third-order valence-corrected chi connectivity index (χ3v) is 3.81. The molecule has 0 aliphatic carbocycles. The number of fused-ring (bicyclic) bond motifs is 1. The molecular formula is C14H18BrNO4. The smallest absolute Gasteiger partial charge is 0.320 e. The molecule has 3 N–H and O–H groups in total. The van der Waals surface area contributed by atoms with Crippen molar-refractivity contribution in [1.82, 2.24) is 0 Å². The van der Waals surface area contributed by atoms with Crippen molar-refractivity contribution in [2.24, 2.45) is 5.73 Å². The zero-order chi connectivity index (χ0) is 14.9. The number of nitrogens with two attached hydrogens (primary N) is 1. The Labute approximate surface area is 126 Å². The van der Waals surface area contributed by atoms with Crippen LogP contribution < -0.4 is 15.2 Å². The van der Waals surface area contributed by atoms with E-state index in [9.17, 15) is 4.79 Å². The number of aliphatic carboxylic acids is 1. The van der Waals surface area contributed by atoms with Crippen molar-refractivity contribution in [1.29, 1.82) is 0 Å². The number of carbonyl (C=O) groups is 1. The molecule has 0 saturated carbocycles. The molecule has 1 atom stereocenters. The van der Waals surface area contributed by atoms with Gasteiger partial charge in [-0.1, -0.05) is 13.8 Å². The van der Waals surface area contributed by atoms with Crippen LogP contribution in [0.15, 0.2) is 10.5 Å². The van der Waals surface area contributed by atoms with Gasteiger partial charge < -0.3 is 20.3 Å². The summed E-state index contributed by atoms with van der Waals surface area (Å²) < 4.78 is 12.1. The van der Waals surface area contributed by atoms with Gasteiger partial charge >= 0.3 is 5.97 Å². The fourth-order valence-electron chi connectivity index (χ4n) is 2.36. The lowest BCUT2D eigenvalue weighted by atomic mass is 9.91. The van der Waals surface area contributed by atoms with Crippen molar-refractivity contribution in [3.8, 4) is 11.5 Å². The van der Waals surface area contributed by atoms with Gasteiger partial charge in [0.2, 0.25) is 0 Å². The van der Waals surface area contributed by atoms with Crippen molar-refractivity contribution in [3.05, 3.63) is 21.7 Å². The van der Waals surface area contributed by atoms with E-state index in [1.807, 2.05) is 19.9 Å². The number of rotatable bonds is 4. The molecule has 1 heterocycles. The predicted octanol–water partition coefficient (Wildman–Crippen LogP) is 2.30. The average Bonchev–Trinajstić information content (AvgIpc) is 2.38. The van der Waals surface area contributed by atoms with Crippen LogP contribution in [0.25, 0.3) is 0 Å². The summed E-state index contributed by atoms with van der Waals surface area (Å²) in [6.07, 6.45) is 0.262. The summed E-state index contributed by atoms with van der Waals surface area (Å²) in [5.74, 6) is 0.570. The molecule has 0 amide bonds. The highest BCUT2D eigenvalue weighted by atomic mass is 79.9. The van der Waals surface area contributed by atoms with Crippen molar-refractivity contribution in [2.45, 2.75) is 32.2 Å². The lowest BCUT2D eigenvalue weighted by Crippen LogP contribution is -2.32. The zero-order valence-electron chi connectivity index (χ0n) is 11.5. The van der Waals surface area contributed by atoms with Crippen molar-refractivity contribution in [2.75, 3.05) is 13.2 Å². The summed E-state index contributed by atoms with van der Waals surface area (Å²) in [4.78, 5) is 11.0. The van der Waals surface area contributed by atoms with Crippen LogP contribution in [0.3, 0.4) is 0 Å². The van der Waals surface area contributed by atoms with Gasteiger partial charge in [-0.25, -0.2) is 0 Å². The number of carboxylic acids is 1. The summed E-state index contributed by atoms with van der Waals surface area (Å²) in [7, 11) is 0. The average molecular weight is 344 g/mol. The first-order chi connectivity index (χ1) is 9.41. The number of hydrogen-bond donors (Lipinski definition) is 2. The van der Waals surface area contributed by atoms with Crippen molar-refractivity contribution in [3.63, 3.8) is 0 Å². The molecule has 1 aromatic rings. The molecule has 0 fully saturated rings. The van der Waals surface area contributed by atoms with Gasteiger partial charge in [0.25, 0.3) is 0 Å². The summed E-state index contributed by atoms with van der Waals surface area (Å²) in [6, 6.07) is 0.952. The fraction of sp³-hybridized carbons (Fsp3) is 0.500. The Kier molecular flexibility index (Phi) is 4.55. The molecule has 6 heteroatoms. The maximum absolute atomic E-state index is 11.0. The van der Waals surface area contributed by atoms with Gasteiger partial charge in [0.05, 0.1) is 4.47 Å². The predicted molar refractivity (Wildman–Crippen MR) is 78.5 cm³/mol. The molecule has 0 radical (unpaired) electrons. The van der Waals surface area contributed by atoms with E-state index in [1.165, 1.54) is 0 Å². The van der Waals surface area contributed by atoms with Gasteiger partial charge in [-0.3, -0.25) is 4.79 Å². The Hall–Kier alpha value is -1.27. The minimum atomic E-state index is -1.01. The number of halogens is 1. The fourth-order valence-corrected chi connectivity index (χ4v) is 2.94. The number of ether oxygens (including phenoxy) is 2. The summed E-state index contributed by atoms with van der Waals surface area (Å²) in [5.41, 5.74) is 7.51. The maximum Gasteiger partial charge on any atom is 0.320 e. The Balaban J connectivity index is 2.50. The Morgan fingerprint density at radius 1 is 1.40 bits per heavy atom. The van der Waals surface area contributed by atoms with E-state index in [0.29, 0.717) is 24.7 Å². The normalized spacial score (nSPS) is 15.2. The topological polar surface area (TPSA) is 81.8 Å². The van der Waals surface area contributed by atoms with E-state index < -0.39 is 12.0 Å². The molecule has 1 aromatic carbocycles. The van der Waals surface area contributed by atoms with Gasteiger partial charge in [0.15, 0.2) is 11.5 Å². The molecule has 2 rings (SSSR count). The van der Waals surface area contributed by atoms with E-state index in [4.69, 9.17) is 20.3 Å². The third kappa shape index (κ3) is 2.91. The van der Waals surface area contributed by atoms with E-state index >= 15 is 0 Å². The van der Waals surface area contributed by atoms with Gasteiger partial charge in [-0.15, -0.1) is 0 Å². The van der Waals surface area contributed by atoms with Crippen LogP contribution in [-0.2, 0) is 11.2 Å². The van der Waals surface area contributed by atoms with Crippen LogP contribution in [0.2, 0.25) is 0 Å². The highest BCUT2D eigenvalue weighted by molar-refractivity contribution is 9.10. The molecule has 20 heavy (non-hydrogen) atoms. The number of carboxylic acid groups (broad SMARTS) is 1. The lowest BCUT2D eigenvalue weighted by molar-refractivity contribution is -0.138. The van der Waals surface area contributed by atoms with Crippen LogP contribution in [-0.4, -0.2) is 30.3 Å². The van der Waals surface area contributed by atoms with Gasteiger partial charge in [-0.2, -0.15) is 0 Å². The van der Waals surface area contributed by atoms with Crippen LogP contribution >= 0.6 is 15.9 Å². The number of hydrogen-bond acceptors (Lipinski definition) is 4. The largest absolute Gasteiger partial charge is 0.486 e. The first-order valence-corrected chi connectivity index (χ1v) is 7.30. The lowest BCUT2D eigenvalue weighted by Gasteiger charge is -2.26. The molecular weight excluding hydrogens is 326 g/mol. The van der Waals surface area contributed by atoms with Crippen LogP contribution in [0.4, 0.5) is 0 Å².